The number of hydrogen-bond donors (Lipinski definition) is 0. The van der Waals surface area contributed by atoms with Crippen molar-refractivity contribution in [1.29, 1.82) is 0 Å². The molecular formula is C24H25BrN2O4. The summed E-state index contributed by atoms with van der Waals surface area (Å²) in [5.74, 6) is -0.213. The van der Waals surface area contributed by atoms with E-state index < -0.39 is 0 Å². The number of hydrogen-bond acceptors (Lipinski definition) is 4. The first-order chi connectivity index (χ1) is 15.0. The fraction of sp³-hybridized carbons (Fsp3) is 0.375. The molecule has 2 aliphatic rings. The lowest BCUT2D eigenvalue weighted by atomic mass is 9.93. The summed E-state index contributed by atoms with van der Waals surface area (Å²) in [6.45, 7) is 3.49. The van der Waals surface area contributed by atoms with Crippen molar-refractivity contribution < 1.29 is 19.1 Å². The van der Waals surface area contributed by atoms with E-state index in [1.165, 1.54) is 0 Å². The highest BCUT2D eigenvalue weighted by molar-refractivity contribution is 9.10. The summed E-state index contributed by atoms with van der Waals surface area (Å²) in [5.41, 5.74) is 1.35. The number of rotatable bonds is 4. The highest BCUT2D eigenvalue weighted by atomic mass is 79.9. The maximum absolute atomic E-state index is 13.2. The van der Waals surface area contributed by atoms with Gasteiger partial charge >= 0.3 is 0 Å². The van der Waals surface area contributed by atoms with Gasteiger partial charge in [-0.05, 0) is 43.2 Å². The van der Waals surface area contributed by atoms with Crippen LogP contribution in [-0.2, 0) is 9.53 Å². The number of halogens is 1. The van der Waals surface area contributed by atoms with Crippen LogP contribution in [0.4, 0.5) is 0 Å². The van der Waals surface area contributed by atoms with Gasteiger partial charge in [-0.3, -0.25) is 14.4 Å². The van der Waals surface area contributed by atoms with Crippen LogP contribution in [0.1, 0.15) is 39.1 Å². The van der Waals surface area contributed by atoms with Crippen LogP contribution in [0.5, 0.6) is 0 Å². The van der Waals surface area contributed by atoms with Gasteiger partial charge in [0.15, 0.2) is 5.78 Å². The lowest BCUT2D eigenvalue weighted by Gasteiger charge is -2.35. The Morgan fingerprint density at radius 2 is 1.42 bits per heavy atom. The molecular weight excluding hydrogens is 460 g/mol. The lowest BCUT2D eigenvalue weighted by molar-refractivity contribution is -0.141. The molecule has 0 aromatic heterocycles. The quantitative estimate of drug-likeness (QED) is 0.623. The fourth-order valence-corrected chi connectivity index (χ4v) is 4.43. The van der Waals surface area contributed by atoms with Crippen molar-refractivity contribution >= 4 is 33.5 Å². The summed E-state index contributed by atoms with van der Waals surface area (Å²) in [4.78, 5) is 42.7. The van der Waals surface area contributed by atoms with Gasteiger partial charge in [-0.15, -0.1) is 0 Å². The standard InChI is InChI=1S/C24H25BrN2O4/c25-19-7-5-17(6-8-19)22(28)20-3-1-2-4-21(20)24(30)26-11-9-18(10-12-26)23(29)27-13-15-31-16-14-27/h1-8,18H,9-16H2. The maximum Gasteiger partial charge on any atom is 0.254 e. The number of carbonyl (C=O) groups excluding carboxylic acids is 3. The SMILES string of the molecule is O=C(c1ccc(Br)cc1)c1ccccc1C(=O)N1CCC(C(=O)N2CCOCC2)CC1. The molecule has 0 atom stereocenters. The van der Waals surface area contributed by atoms with Gasteiger partial charge in [-0.25, -0.2) is 0 Å². The van der Waals surface area contributed by atoms with Gasteiger partial charge in [0.2, 0.25) is 5.91 Å². The minimum Gasteiger partial charge on any atom is -0.378 e. The van der Waals surface area contributed by atoms with Gasteiger partial charge in [0.05, 0.1) is 18.8 Å². The molecule has 0 spiro atoms. The molecule has 162 valence electrons. The minimum atomic E-state index is -0.172. The molecule has 0 radical (unpaired) electrons. The molecule has 0 unspecified atom stereocenters. The van der Waals surface area contributed by atoms with E-state index in [1.54, 1.807) is 41.3 Å². The Kier molecular flexibility index (Phi) is 6.83. The molecule has 0 saturated carbocycles. The highest BCUT2D eigenvalue weighted by Gasteiger charge is 2.32. The van der Waals surface area contributed by atoms with Crippen LogP contribution in [0.15, 0.2) is 53.0 Å². The number of nitrogens with zero attached hydrogens (tertiary/aromatic N) is 2. The number of ether oxygens (including phenoxy) is 1. The van der Waals surface area contributed by atoms with Crippen LogP contribution in [-0.4, -0.2) is 66.8 Å². The molecule has 31 heavy (non-hydrogen) atoms. The second-order valence-corrected chi connectivity index (χ2v) is 8.80. The molecule has 2 heterocycles. The van der Waals surface area contributed by atoms with Crippen molar-refractivity contribution in [3.8, 4) is 0 Å². The van der Waals surface area contributed by atoms with Crippen molar-refractivity contribution in [2.24, 2.45) is 5.92 Å². The van der Waals surface area contributed by atoms with Gasteiger partial charge in [-0.2, -0.15) is 0 Å². The molecule has 0 aliphatic carbocycles. The molecule has 2 aliphatic heterocycles. The van der Waals surface area contributed by atoms with E-state index in [-0.39, 0.29) is 23.5 Å². The first-order valence-electron chi connectivity index (χ1n) is 10.6. The average molecular weight is 485 g/mol. The van der Waals surface area contributed by atoms with E-state index in [0.717, 1.165) is 4.47 Å². The van der Waals surface area contributed by atoms with Crippen LogP contribution in [0.25, 0.3) is 0 Å². The number of benzene rings is 2. The summed E-state index contributed by atoms with van der Waals surface area (Å²) in [6.07, 6.45) is 1.29. The van der Waals surface area contributed by atoms with Crippen LogP contribution in [0.3, 0.4) is 0 Å². The van der Waals surface area contributed by atoms with Crippen molar-refractivity contribution in [1.82, 2.24) is 9.80 Å². The zero-order valence-corrected chi connectivity index (χ0v) is 18.8. The van der Waals surface area contributed by atoms with E-state index >= 15 is 0 Å². The maximum atomic E-state index is 13.2. The summed E-state index contributed by atoms with van der Waals surface area (Å²) in [6, 6.07) is 14.1. The van der Waals surface area contributed by atoms with E-state index in [9.17, 15) is 14.4 Å². The van der Waals surface area contributed by atoms with Crippen LogP contribution >= 0.6 is 15.9 Å². The third kappa shape index (κ3) is 4.88. The van der Waals surface area contributed by atoms with Crippen molar-refractivity contribution in [2.75, 3.05) is 39.4 Å². The van der Waals surface area contributed by atoms with Gasteiger partial charge < -0.3 is 14.5 Å². The Bertz CT molecular complexity index is 962. The second kappa shape index (κ2) is 9.75. The van der Waals surface area contributed by atoms with Gasteiger partial charge in [0.1, 0.15) is 0 Å². The third-order valence-corrected chi connectivity index (χ3v) is 6.49. The first-order valence-corrected chi connectivity index (χ1v) is 11.4. The predicted octanol–water partition coefficient (Wildman–Crippen LogP) is 3.39. The molecule has 2 saturated heterocycles. The summed E-state index contributed by atoms with van der Waals surface area (Å²) in [5, 5.41) is 0. The molecule has 2 aromatic carbocycles. The van der Waals surface area contributed by atoms with E-state index in [4.69, 9.17) is 4.74 Å². The number of likely N-dealkylation sites (tertiary alicyclic amines) is 1. The number of piperidine rings is 1. The minimum absolute atomic E-state index is 0.0539. The molecule has 0 N–H and O–H groups in total. The molecule has 6 nitrogen and oxygen atoms in total. The Morgan fingerprint density at radius 3 is 2.06 bits per heavy atom. The monoisotopic (exact) mass is 484 g/mol. The van der Waals surface area contributed by atoms with Crippen LogP contribution < -0.4 is 0 Å². The largest absolute Gasteiger partial charge is 0.378 e. The van der Waals surface area contributed by atoms with Gasteiger partial charge in [-0.1, -0.05) is 34.1 Å². The van der Waals surface area contributed by atoms with Gasteiger partial charge in [0, 0.05) is 47.7 Å². The lowest BCUT2D eigenvalue weighted by Crippen LogP contribution is -2.47. The third-order valence-electron chi connectivity index (χ3n) is 5.96. The number of ketones is 1. The molecule has 2 aromatic rings. The summed E-state index contributed by atoms with van der Waals surface area (Å²) in [7, 11) is 0. The Balaban J connectivity index is 1.44. The zero-order chi connectivity index (χ0) is 21.8. The number of morpholine rings is 1. The van der Waals surface area contributed by atoms with Crippen LogP contribution in [0, 0.1) is 5.92 Å². The zero-order valence-electron chi connectivity index (χ0n) is 17.3. The normalized spacial score (nSPS) is 17.5. The van der Waals surface area contributed by atoms with E-state index in [0.29, 0.717) is 68.9 Å². The first kappa shape index (κ1) is 21.7. The fourth-order valence-electron chi connectivity index (χ4n) is 4.17. The van der Waals surface area contributed by atoms with Crippen molar-refractivity contribution in [3.63, 3.8) is 0 Å². The van der Waals surface area contributed by atoms with Crippen molar-refractivity contribution in [2.45, 2.75) is 12.8 Å². The molecule has 0 bridgehead atoms. The van der Waals surface area contributed by atoms with Gasteiger partial charge in [0.25, 0.3) is 5.91 Å². The number of amides is 2. The van der Waals surface area contributed by atoms with Crippen molar-refractivity contribution in [3.05, 3.63) is 69.7 Å². The van der Waals surface area contributed by atoms with Crippen LogP contribution in [0.2, 0.25) is 0 Å². The highest BCUT2D eigenvalue weighted by Crippen LogP contribution is 2.24. The van der Waals surface area contributed by atoms with E-state index in [1.807, 2.05) is 17.0 Å². The number of carbonyl (C=O) groups is 3. The Morgan fingerprint density at radius 1 is 0.806 bits per heavy atom. The second-order valence-electron chi connectivity index (χ2n) is 7.89. The Hall–Kier alpha value is -2.51. The summed E-state index contributed by atoms with van der Waals surface area (Å²) < 4.78 is 6.22. The van der Waals surface area contributed by atoms with E-state index in [2.05, 4.69) is 15.9 Å². The smallest absolute Gasteiger partial charge is 0.254 e. The summed E-state index contributed by atoms with van der Waals surface area (Å²) >= 11 is 3.38. The topological polar surface area (TPSA) is 66.9 Å². The molecule has 2 amide bonds. The Labute approximate surface area is 190 Å². The molecule has 7 heteroatoms. The average Bonchev–Trinajstić information content (AvgIpc) is 2.84. The molecule has 4 rings (SSSR count). The molecule has 2 fully saturated rings. The predicted molar refractivity (Wildman–Crippen MR) is 120 cm³/mol.